The van der Waals surface area contributed by atoms with E-state index in [1.807, 2.05) is 0 Å². The number of carbonyl (C=O) groups excluding carboxylic acids is 2. The average Bonchev–Trinajstić information content (AvgIpc) is 2.96. The number of anilines is 1. The number of aromatic nitrogens is 1. The van der Waals surface area contributed by atoms with Gasteiger partial charge < -0.3 is 24.7 Å². The highest BCUT2D eigenvalue weighted by Gasteiger charge is 2.24. The standard InChI is InChI=1S/C20H18N2O6/c1-11-17(18(25)12-6-7-14(21)13(9-12)20(26)27-2)22-8-4-3-5-15(22)19(11)28-10-16(23)24/h3-9H,10,21H2,1-2H3,(H,23,24). The minimum absolute atomic E-state index is 0.0919. The van der Waals surface area contributed by atoms with Gasteiger partial charge in [-0.05, 0) is 37.3 Å². The molecule has 1 aromatic carbocycles. The van der Waals surface area contributed by atoms with Crippen LogP contribution >= 0.6 is 0 Å². The fourth-order valence-corrected chi connectivity index (χ4v) is 3.02. The zero-order chi connectivity index (χ0) is 20.4. The second-order valence-electron chi connectivity index (χ2n) is 6.06. The normalized spacial score (nSPS) is 10.6. The zero-order valence-electron chi connectivity index (χ0n) is 15.3. The van der Waals surface area contributed by atoms with Gasteiger partial charge in [0.05, 0.1) is 18.2 Å². The Morgan fingerprint density at radius 2 is 1.93 bits per heavy atom. The maximum Gasteiger partial charge on any atom is 0.341 e. The lowest BCUT2D eigenvalue weighted by Crippen LogP contribution is -2.11. The largest absolute Gasteiger partial charge is 0.479 e. The molecule has 2 heterocycles. The number of methoxy groups -OCH3 is 1. The third-order valence-electron chi connectivity index (χ3n) is 4.31. The summed E-state index contributed by atoms with van der Waals surface area (Å²) >= 11 is 0. The molecular formula is C20H18N2O6. The first kappa shape index (κ1) is 19.0. The number of hydrogen-bond donors (Lipinski definition) is 2. The number of benzene rings is 1. The number of nitrogens with zero attached hydrogens (tertiary/aromatic N) is 1. The highest BCUT2D eigenvalue weighted by atomic mass is 16.5. The van der Waals surface area contributed by atoms with Crippen LogP contribution in [0.1, 0.15) is 32.0 Å². The second-order valence-corrected chi connectivity index (χ2v) is 6.06. The average molecular weight is 382 g/mol. The lowest BCUT2D eigenvalue weighted by Gasteiger charge is -2.08. The molecule has 2 aromatic heterocycles. The molecule has 8 heteroatoms. The van der Waals surface area contributed by atoms with Crippen LogP contribution in [-0.4, -0.2) is 40.9 Å². The fourth-order valence-electron chi connectivity index (χ4n) is 3.02. The minimum atomic E-state index is -1.12. The van der Waals surface area contributed by atoms with Gasteiger partial charge in [0.1, 0.15) is 11.4 Å². The number of carboxylic acids is 1. The number of rotatable bonds is 6. The molecule has 0 saturated carbocycles. The quantitative estimate of drug-likeness (QED) is 0.381. The van der Waals surface area contributed by atoms with E-state index in [9.17, 15) is 14.4 Å². The van der Waals surface area contributed by atoms with Crippen molar-refractivity contribution in [3.05, 3.63) is 65.0 Å². The van der Waals surface area contributed by atoms with Crippen molar-refractivity contribution >= 4 is 28.9 Å². The van der Waals surface area contributed by atoms with Crippen molar-refractivity contribution in [2.75, 3.05) is 19.5 Å². The Morgan fingerprint density at radius 3 is 2.61 bits per heavy atom. The van der Waals surface area contributed by atoms with E-state index in [0.29, 0.717) is 22.5 Å². The minimum Gasteiger partial charge on any atom is -0.479 e. The molecule has 0 bridgehead atoms. The van der Waals surface area contributed by atoms with Gasteiger partial charge in [0, 0.05) is 23.0 Å². The van der Waals surface area contributed by atoms with Crippen LogP contribution in [0, 0.1) is 6.92 Å². The van der Waals surface area contributed by atoms with Crippen LogP contribution in [-0.2, 0) is 9.53 Å². The van der Waals surface area contributed by atoms with Crippen LogP contribution in [0.5, 0.6) is 5.75 Å². The Kier molecular flexibility index (Phi) is 5.04. The predicted molar refractivity (Wildman–Crippen MR) is 101 cm³/mol. The van der Waals surface area contributed by atoms with Gasteiger partial charge >= 0.3 is 11.9 Å². The molecule has 0 aliphatic rings. The molecule has 0 spiro atoms. The number of carboxylic acid groups (broad SMARTS) is 1. The predicted octanol–water partition coefficient (Wildman–Crippen LogP) is 2.31. The molecule has 28 heavy (non-hydrogen) atoms. The second kappa shape index (κ2) is 7.43. The van der Waals surface area contributed by atoms with Crippen LogP contribution in [0.25, 0.3) is 5.52 Å². The van der Waals surface area contributed by atoms with Crippen LogP contribution in [0.2, 0.25) is 0 Å². The number of hydrogen-bond acceptors (Lipinski definition) is 6. The molecule has 0 saturated heterocycles. The van der Waals surface area contributed by atoms with Crippen molar-refractivity contribution in [1.29, 1.82) is 0 Å². The maximum absolute atomic E-state index is 13.2. The van der Waals surface area contributed by atoms with Crippen molar-refractivity contribution < 1.29 is 29.0 Å². The summed E-state index contributed by atoms with van der Waals surface area (Å²) in [5, 5.41) is 8.91. The van der Waals surface area contributed by atoms with Crippen molar-refractivity contribution in [2.24, 2.45) is 0 Å². The summed E-state index contributed by atoms with van der Waals surface area (Å²) in [4.78, 5) is 36.0. The number of nitrogen functional groups attached to an aromatic ring is 1. The van der Waals surface area contributed by atoms with Gasteiger partial charge in [-0.2, -0.15) is 0 Å². The summed E-state index contributed by atoms with van der Waals surface area (Å²) < 4.78 is 11.7. The van der Waals surface area contributed by atoms with Gasteiger partial charge in [-0.15, -0.1) is 0 Å². The van der Waals surface area contributed by atoms with E-state index in [1.54, 1.807) is 35.7 Å². The van der Waals surface area contributed by atoms with Crippen LogP contribution < -0.4 is 10.5 Å². The van der Waals surface area contributed by atoms with Crippen LogP contribution in [0.4, 0.5) is 5.69 Å². The van der Waals surface area contributed by atoms with E-state index in [1.165, 1.54) is 25.3 Å². The van der Waals surface area contributed by atoms with Gasteiger partial charge in [0.2, 0.25) is 5.78 Å². The molecule has 0 atom stereocenters. The van der Waals surface area contributed by atoms with E-state index in [-0.39, 0.29) is 22.6 Å². The number of esters is 1. The van der Waals surface area contributed by atoms with Crippen molar-refractivity contribution in [3.8, 4) is 5.75 Å². The van der Waals surface area contributed by atoms with Gasteiger partial charge in [-0.25, -0.2) is 9.59 Å². The molecule has 144 valence electrons. The third-order valence-corrected chi connectivity index (χ3v) is 4.31. The number of aliphatic carboxylic acids is 1. The zero-order valence-corrected chi connectivity index (χ0v) is 15.3. The highest BCUT2D eigenvalue weighted by molar-refractivity contribution is 6.12. The van der Waals surface area contributed by atoms with Crippen LogP contribution in [0.3, 0.4) is 0 Å². The first-order valence-corrected chi connectivity index (χ1v) is 8.32. The van der Waals surface area contributed by atoms with E-state index in [4.69, 9.17) is 20.3 Å². The highest BCUT2D eigenvalue weighted by Crippen LogP contribution is 2.32. The van der Waals surface area contributed by atoms with Crippen molar-refractivity contribution in [2.45, 2.75) is 6.92 Å². The molecule has 0 aliphatic heterocycles. The number of carbonyl (C=O) groups is 3. The molecule has 3 N–H and O–H groups in total. The summed E-state index contributed by atoms with van der Waals surface area (Å²) in [6, 6.07) is 9.59. The molecule has 8 nitrogen and oxygen atoms in total. The SMILES string of the molecule is COC(=O)c1cc(C(=O)c2c(C)c(OCC(=O)O)c3ccccn23)ccc1N. The van der Waals surface area contributed by atoms with Gasteiger partial charge in [0.15, 0.2) is 6.61 Å². The summed E-state index contributed by atoms with van der Waals surface area (Å²) in [6.07, 6.45) is 1.68. The third kappa shape index (κ3) is 3.27. The van der Waals surface area contributed by atoms with E-state index in [2.05, 4.69) is 0 Å². The topological polar surface area (TPSA) is 120 Å². The summed E-state index contributed by atoms with van der Waals surface area (Å²) in [7, 11) is 1.23. The Hall–Kier alpha value is -3.81. The Bertz CT molecular complexity index is 1100. The molecule has 3 aromatic rings. The molecule has 0 radical (unpaired) electrons. The van der Waals surface area contributed by atoms with Crippen molar-refractivity contribution in [3.63, 3.8) is 0 Å². The van der Waals surface area contributed by atoms with E-state index < -0.39 is 18.5 Å². The van der Waals surface area contributed by atoms with Gasteiger partial charge in [-0.3, -0.25) is 4.79 Å². The van der Waals surface area contributed by atoms with Crippen molar-refractivity contribution in [1.82, 2.24) is 4.40 Å². The fraction of sp³-hybridized carbons (Fsp3) is 0.150. The smallest absolute Gasteiger partial charge is 0.341 e. The number of pyridine rings is 1. The monoisotopic (exact) mass is 382 g/mol. The number of ketones is 1. The number of nitrogens with two attached hydrogens (primary N) is 1. The summed E-state index contributed by atoms with van der Waals surface area (Å²) in [5.41, 5.74) is 7.70. The summed E-state index contributed by atoms with van der Waals surface area (Å²) in [5.74, 6) is -1.82. The molecule has 0 fully saturated rings. The van der Waals surface area contributed by atoms with E-state index >= 15 is 0 Å². The summed E-state index contributed by atoms with van der Waals surface area (Å²) in [6.45, 7) is 1.15. The Labute approximate surface area is 160 Å². The van der Waals surface area contributed by atoms with Crippen LogP contribution in [0.15, 0.2) is 42.6 Å². The molecule has 0 aliphatic carbocycles. The number of ether oxygens (including phenoxy) is 2. The molecule has 3 rings (SSSR count). The van der Waals surface area contributed by atoms with Gasteiger partial charge in [-0.1, -0.05) is 6.07 Å². The maximum atomic E-state index is 13.2. The van der Waals surface area contributed by atoms with E-state index in [0.717, 1.165) is 0 Å². The molecule has 0 unspecified atom stereocenters. The van der Waals surface area contributed by atoms with Gasteiger partial charge in [0.25, 0.3) is 0 Å². The lowest BCUT2D eigenvalue weighted by molar-refractivity contribution is -0.139. The first-order valence-electron chi connectivity index (χ1n) is 8.32. The lowest BCUT2D eigenvalue weighted by atomic mass is 10.0. The Balaban J connectivity index is 2.14. The Morgan fingerprint density at radius 1 is 1.18 bits per heavy atom. The molecule has 0 amide bonds. The first-order chi connectivity index (χ1) is 13.3. The number of fused-ring (bicyclic) bond motifs is 1. The molecular weight excluding hydrogens is 364 g/mol.